The summed E-state index contributed by atoms with van der Waals surface area (Å²) in [5.74, 6) is -0.349. The van der Waals surface area contributed by atoms with Crippen LogP contribution in [-0.4, -0.2) is 23.0 Å². The van der Waals surface area contributed by atoms with Gasteiger partial charge in [-0.3, -0.25) is 9.00 Å². The Bertz CT molecular complexity index is 721. The Balaban J connectivity index is 1.92. The Labute approximate surface area is 143 Å². The minimum Gasteiger partial charge on any atom is -0.496 e. The first kappa shape index (κ1) is 18.1. The van der Waals surface area contributed by atoms with Gasteiger partial charge >= 0.3 is 0 Å². The maximum atomic E-state index is 13.3. The van der Waals surface area contributed by atoms with Crippen molar-refractivity contribution >= 4 is 16.7 Å². The van der Waals surface area contributed by atoms with Crippen molar-refractivity contribution in [2.45, 2.75) is 18.7 Å². The normalized spacial score (nSPS) is 13.1. The van der Waals surface area contributed by atoms with Crippen LogP contribution in [0, 0.1) is 5.82 Å². The fourth-order valence-electron chi connectivity index (χ4n) is 2.34. The number of amides is 1. The van der Waals surface area contributed by atoms with Crippen LogP contribution < -0.4 is 10.1 Å². The number of halogens is 1. The number of hydrogen-bond donors (Lipinski definition) is 1. The van der Waals surface area contributed by atoms with E-state index in [1.54, 1.807) is 0 Å². The lowest BCUT2D eigenvalue weighted by atomic mass is 10.1. The van der Waals surface area contributed by atoms with Crippen molar-refractivity contribution in [1.82, 2.24) is 5.32 Å². The van der Waals surface area contributed by atoms with Gasteiger partial charge in [-0.2, -0.15) is 0 Å². The van der Waals surface area contributed by atoms with E-state index in [0.29, 0.717) is 11.3 Å². The van der Waals surface area contributed by atoms with Gasteiger partial charge < -0.3 is 10.1 Å². The van der Waals surface area contributed by atoms with Crippen molar-refractivity contribution in [3.63, 3.8) is 0 Å². The molecular weight excluding hydrogens is 329 g/mol. The van der Waals surface area contributed by atoms with Crippen LogP contribution in [0.5, 0.6) is 5.75 Å². The second kappa shape index (κ2) is 8.59. The quantitative estimate of drug-likeness (QED) is 0.836. The average molecular weight is 349 g/mol. The van der Waals surface area contributed by atoms with Gasteiger partial charge in [-0.15, -0.1) is 0 Å². The number of benzene rings is 2. The summed E-state index contributed by atoms with van der Waals surface area (Å²) in [7, 11) is 0.0134. The molecule has 2 atom stereocenters. The van der Waals surface area contributed by atoms with Gasteiger partial charge in [-0.25, -0.2) is 4.39 Å². The summed E-state index contributed by atoms with van der Waals surface area (Å²) in [6, 6.07) is 13.4. The second-order valence-electron chi connectivity index (χ2n) is 5.38. The standard InChI is InChI=1S/C18H20FNO3S/c1-13(14-6-4-3-5-7-14)20-18(21)12-24(22)11-15-10-16(19)8-9-17(15)23-2/h3-10,13H,11-12H2,1-2H3,(H,20,21). The summed E-state index contributed by atoms with van der Waals surface area (Å²) >= 11 is 0. The van der Waals surface area contributed by atoms with E-state index in [2.05, 4.69) is 5.32 Å². The Morgan fingerprint density at radius 1 is 1.25 bits per heavy atom. The van der Waals surface area contributed by atoms with E-state index in [-0.39, 0.29) is 23.5 Å². The number of methoxy groups -OCH3 is 1. The van der Waals surface area contributed by atoms with Crippen molar-refractivity contribution in [1.29, 1.82) is 0 Å². The second-order valence-corrected chi connectivity index (χ2v) is 6.84. The highest BCUT2D eigenvalue weighted by molar-refractivity contribution is 7.84. The first-order chi connectivity index (χ1) is 11.5. The lowest BCUT2D eigenvalue weighted by Gasteiger charge is -2.14. The highest BCUT2D eigenvalue weighted by Crippen LogP contribution is 2.21. The topological polar surface area (TPSA) is 55.4 Å². The zero-order chi connectivity index (χ0) is 17.5. The molecule has 2 aromatic carbocycles. The van der Waals surface area contributed by atoms with Gasteiger partial charge in [-0.05, 0) is 30.7 Å². The molecule has 2 rings (SSSR count). The molecule has 0 saturated heterocycles. The van der Waals surface area contributed by atoms with Crippen LogP contribution in [0.2, 0.25) is 0 Å². The molecule has 1 N–H and O–H groups in total. The zero-order valence-electron chi connectivity index (χ0n) is 13.6. The Morgan fingerprint density at radius 2 is 1.96 bits per heavy atom. The van der Waals surface area contributed by atoms with Crippen molar-refractivity contribution in [3.05, 3.63) is 65.5 Å². The zero-order valence-corrected chi connectivity index (χ0v) is 14.4. The van der Waals surface area contributed by atoms with E-state index < -0.39 is 16.6 Å². The average Bonchev–Trinajstić information content (AvgIpc) is 2.55. The molecule has 6 heteroatoms. The van der Waals surface area contributed by atoms with Gasteiger partial charge in [0, 0.05) is 16.4 Å². The largest absolute Gasteiger partial charge is 0.496 e. The molecule has 128 valence electrons. The van der Waals surface area contributed by atoms with Crippen molar-refractivity contribution < 1.29 is 18.1 Å². The highest BCUT2D eigenvalue weighted by atomic mass is 32.2. The molecule has 0 saturated carbocycles. The molecule has 2 aromatic rings. The van der Waals surface area contributed by atoms with Crippen LogP contribution in [0.1, 0.15) is 24.1 Å². The van der Waals surface area contributed by atoms with Crippen LogP contribution in [0.4, 0.5) is 4.39 Å². The van der Waals surface area contributed by atoms with Gasteiger partial charge in [0.2, 0.25) is 5.91 Å². The Hall–Kier alpha value is -2.21. The number of carbonyl (C=O) groups excluding carboxylic acids is 1. The lowest BCUT2D eigenvalue weighted by molar-refractivity contribution is -0.119. The van der Waals surface area contributed by atoms with E-state index in [0.717, 1.165) is 5.56 Å². The van der Waals surface area contributed by atoms with Crippen LogP contribution in [-0.2, 0) is 21.3 Å². The predicted octanol–water partition coefficient (Wildman–Crippen LogP) is 2.96. The van der Waals surface area contributed by atoms with Crippen LogP contribution >= 0.6 is 0 Å². The van der Waals surface area contributed by atoms with E-state index in [4.69, 9.17) is 4.74 Å². The number of ether oxygens (including phenoxy) is 1. The van der Waals surface area contributed by atoms with E-state index in [1.807, 2.05) is 37.3 Å². The molecule has 0 spiro atoms. The molecule has 24 heavy (non-hydrogen) atoms. The number of nitrogens with one attached hydrogen (secondary N) is 1. The fourth-order valence-corrected chi connectivity index (χ4v) is 3.39. The maximum Gasteiger partial charge on any atom is 0.233 e. The number of hydrogen-bond acceptors (Lipinski definition) is 3. The van der Waals surface area contributed by atoms with Crippen molar-refractivity contribution in [2.75, 3.05) is 12.9 Å². The highest BCUT2D eigenvalue weighted by Gasteiger charge is 2.15. The summed E-state index contributed by atoms with van der Waals surface area (Å²) in [4.78, 5) is 12.0. The SMILES string of the molecule is COc1ccc(F)cc1CS(=O)CC(=O)NC(C)c1ccccc1. The third-order valence-electron chi connectivity index (χ3n) is 3.53. The molecule has 2 unspecified atom stereocenters. The summed E-state index contributed by atoms with van der Waals surface area (Å²) in [5, 5.41) is 2.82. The van der Waals surface area contributed by atoms with E-state index in [9.17, 15) is 13.4 Å². The molecule has 0 bridgehead atoms. The summed E-state index contributed by atoms with van der Waals surface area (Å²) in [6.07, 6.45) is 0. The summed E-state index contributed by atoms with van der Waals surface area (Å²) < 4.78 is 30.6. The maximum absolute atomic E-state index is 13.3. The lowest BCUT2D eigenvalue weighted by Crippen LogP contribution is -2.31. The van der Waals surface area contributed by atoms with Gasteiger partial charge in [0.1, 0.15) is 17.3 Å². The molecule has 0 aliphatic rings. The number of rotatable bonds is 7. The van der Waals surface area contributed by atoms with E-state index >= 15 is 0 Å². The van der Waals surface area contributed by atoms with Gasteiger partial charge in [0.05, 0.1) is 18.9 Å². The van der Waals surface area contributed by atoms with Crippen LogP contribution in [0.25, 0.3) is 0 Å². The molecular formula is C18H20FNO3S. The molecule has 1 amide bonds. The molecule has 4 nitrogen and oxygen atoms in total. The monoisotopic (exact) mass is 349 g/mol. The summed E-state index contributed by atoms with van der Waals surface area (Å²) in [5.41, 5.74) is 1.46. The molecule has 0 radical (unpaired) electrons. The smallest absolute Gasteiger partial charge is 0.233 e. The molecule has 0 aromatic heterocycles. The van der Waals surface area contributed by atoms with Crippen LogP contribution in [0.15, 0.2) is 48.5 Å². The summed E-state index contributed by atoms with van der Waals surface area (Å²) in [6.45, 7) is 1.87. The number of carbonyl (C=O) groups is 1. The van der Waals surface area contributed by atoms with Crippen molar-refractivity contribution in [3.8, 4) is 5.75 Å². The Morgan fingerprint density at radius 3 is 2.62 bits per heavy atom. The first-order valence-corrected chi connectivity index (χ1v) is 9.00. The molecule has 0 aliphatic carbocycles. The van der Waals surface area contributed by atoms with E-state index in [1.165, 1.54) is 25.3 Å². The van der Waals surface area contributed by atoms with Gasteiger partial charge in [0.25, 0.3) is 0 Å². The third kappa shape index (κ3) is 5.16. The minimum absolute atomic E-state index is 0.0636. The Kier molecular flexibility index (Phi) is 6.49. The first-order valence-electron chi connectivity index (χ1n) is 7.51. The molecule has 0 heterocycles. The fraction of sp³-hybridized carbons (Fsp3) is 0.278. The van der Waals surface area contributed by atoms with Crippen molar-refractivity contribution in [2.24, 2.45) is 0 Å². The third-order valence-corrected chi connectivity index (χ3v) is 4.75. The molecule has 0 fully saturated rings. The predicted molar refractivity (Wildman–Crippen MR) is 92.7 cm³/mol. The minimum atomic E-state index is -1.45. The van der Waals surface area contributed by atoms with Gasteiger partial charge in [0.15, 0.2) is 0 Å². The van der Waals surface area contributed by atoms with Crippen LogP contribution in [0.3, 0.4) is 0 Å². The molecule has 0 aliphatic heterocycles. The van der Waals surface area contributed by atoms with Gasteiger partial charge in [-0.1, -0.05) is 30.3 Å².